The zero-order chi connectivity index (χ0) is 14.4. The number of nitrogens with zero attached hydrogens (tertiary/aromatic N) is 2. The molecule has 0 saturated heterocycles. The molecule has 0 aliphatic carbocycles. The molecule has 2 rings (SSSR count). The van der Waals surface area contributed by atoms with Gasteiger partial charge in [0.2, 0.25) is 0 Å². The van der Waals surface area contributed by atoms with Gasteiger partial charge in [-0.1, -0.05) is 36.0 Å². The van der Waals surface area contributed by atoms with Crippen molar-refractivity contribution in [1.82, 2.24) is 4.98 Å². The Balaban J connectivity index is 2.44. The summed E-state index contributed by atoms with van der Waals surface area (Å²) < 4.78 is 0. The topological polar surface area (TPSA) is 71.5 Å². The first kappa shape index (κ1) is 14.7. The number of hydrogen-bond donors (Lipinski definition) is 2. The number of hydrogen-bond acceptors (Lipinski definition) is 5. The molecule has 0 spiro atoms. The van der Waals surface area contributed by atoms with Gasteiger partial charge in [-0.05, 0) is 30.0 Å². The van der Waals surface area contributed by atoms with Crippen molar-refractivity contribution < 1.29 is 5.21 Å². The third-order valence-electron chi connectivity index (χ3n) is 2.50. The average molecular weight is 305 g/mol. The molecule has 2 aromatic rings. The highest BCUT2D eigenvalue weighted by molar-refractivity contribution is 8.00. The molecule has 0 atom stereocenters. The van der Waals surface area contributed by atoms with Crippen molar-refractivity contribution in [3.05, 3.63) is 48.2 Å². The maximum Gasteiger partial charge on any atom is 0.172 e. The van der Waals surface area contributed by atoms with E-state index in [-0.39, 0.29) is 5.84 Å². The second-order valence-electron chi connectivity index (χ2n) is 3.82. The smallest absolute Gasteiger partial charge is 0.172 e. The fourth-order valence-corrected chi connectivity index (χ4v) is 3.55. The molecule has 1 aromatic heterocycles. The van der Waals surface area contributed by atoms with E-state index in [1.54, 1.807) is 18.0 Å². The number of rotatable bonds is 5. The van der Waals surface area contributed by atoms with E-state index in [2.05, 4.69) is 17.1 Å². The zero-order valence-electron chi connectivity index (χ0n) is 11.0. The molecule has 1 heterocycles. The predicted octanol–water partition coefficient (Wildman–Crippen LogP) is 3.44. The first-order chi connectivity index (χ1) is 9.76. The molecule has 0 saturated carbocycles. The molecule has 3 N–H and O–H groups in total. The van der Waals surface area contributed by atoms with Crippen LogP contribution in [0.5, 0.6) is 0 Å². The summed E-state index contributed by atoms with van der Waals surface area (Å²) in [5.41, 5.74) is 6.59. The van der Waals surface area contributed by atoms with Crippen molar-refractivity contribution in [2.24, 2.45) is 10.9 Å². The fourth-order valence-electron chi connectivity index (χ4n) is 1.69. The molecule has 0 radical (unpaired) electrons. The molecule has 0 aliphatic heterocycles. The lowest BCUT2D eigenvalue weighted by Crippen LogP contribution is -2.15. The first-order valence-corrected chi connectivity index (χ1v) is 7.89. The van der Waals surface area contributed by atoms with E-state index in [1.165, 1.54) is 11.8 Å². The molecule has 104 valence electrons. The average Bonchev–Trinajstić information content (AvgIpc) is 2.48. The molecule has 0 fully saturated rings. The molecule has 20 heavy (non-hydrogen) atoms. The highest BCUT2D eigenvalue weighted by Gasteiger charge is 2.14. The van der Waals surface area contributed by atoms with Crippen molar-refractivity contribution in [3.63, 3.8) is 0 Å². The Morgan fingerprint density at radius 2 is 2.05 bits per heavy atom. The monoisotopic (exact) mass is 305 g/mol. The van der Waals surface area contributed by atoms with Gasteiger partial charge >= 0.3 is 0 Å². The third-order valence-corrected chi connectivity index (χ3v) is 4.45. The van der Waals surface area contributed by atoms with E-state index in [0.717, 1.165) is 26.1 Å². The lowest BCUT2D eigenvalue weighted by molar-refractivity contribution is 0.318. The number of thioether (sulfide) groups is 1. The highest BCUT2D eigenvalue weighted by Crippen LogP contribution is 2.34. The van der Waals surface area contributed by atoms with Gasteiger partial charge in [0.25, 0.3) is 0 Å². The normalized spacial score (nSPS) is 11.6. The quantitative estimate of drug-likeness (QED) is 0.291. The van der Waals surface area contributed by atoms with Gasteiger partial charge in [0.1, 0.15) is 5.03 Å². The molecule has 0 unspecified atom stereocenters. The largest absolute Gasteiger partial charge is 0.409 e. The van der Waals surface area contributed by atoms with Gasteiger partial charge in [0.05, 0.1) is 0 Å². The zero-order valence-corrected chi connectivity index (χ0v) is 12.6. The second kappa shape index (κ2) is 7.21. The standard InChI is InChI=1S/C14H15N3OS2/c1-2-19-10-6-5-7-11(13(10)14(15)17-18)20-12-8-3-4-9-16-12/h3-9,18H,2H2,1H3,(H2,15,17). The number of benzene rings is 1. The summed E-state index contributed by atoms with van der Waals surface area (Å²) in [6.45, 7) is 2.07. The van der Waals surface area contributed by atoms with Crippen LogP contribution in [0.15, 0.2) is 62.6 Å². The second-order valence-corrected chi connectivity index (χ2v) is 6.19. The van der Waals surface area contributed by atoms with Gasteiger partial charge in [-0.3, -0.25) is 0 Å². The lowest BCUT2D eigenvalue weighted by Gasteiger charge is -2.12. The Hall–Kier alpha value is -1.66. The SMILES string of the molecule is CCSc1cccc(Sc2ccccn2)c1/C(N)=N/O. The Labute approximate surface area is 126 Å². The third kappa shape index (κ3) is 3.46. The van der Waals surface area contributed by atoms with Crippen LogP contribution in [-0.4, -0.2) is 21.8 Å². The number of aromatic nitrogens is 1. The Kier molecular flexibility index (Phi) is 5.31. The Morgan fingerprint density at radius 3 is 2.70 bits per heavy atom. The van der Waals surface area contributed by atoms with Crippen molar-refractivity contribution >= 4 is 29.4 Å². The highest BCUT2D eigenvalue weighted by atomic mass is 32.2. The molecule has 0 bridgehead atoms. The minimum absolute atomic E-state index is 0.125. The van der Waals surface area contributed by atoms with E-state index in [4.69, 9.17) is 10.9 Å². The number of pyridine rings is 1. The van der Waals surface area contributed by atoms with Crippen molar-refractivity contribution in [3.8, 4) is 0 Å². The first-order valence-electron chi connectivity index (χ1n) is 6.08. The molecular weight excluding hydrogens is 290 g/mol. The van der Waals surface area contributed by atoms with E-state index in [1.807, 2.05) is 36.4 Å². The number of nitrogens with two attached hydrogens (primary N) is 1. The Bertz CT molecular complexity index is 603. The van der Waals surface area contributed by atoms with E-state index in [0.29, 0.717) is 0 Å². The van der Waals surface area contributed by atoms with Crippen LogP contribution >= 0.6 is 23.5 Å². The lowest BCUT2D eigenvalue weighted by atomic mass is 10.2. The summed E-state index contributed by atoms with van der Waals surface area (Å²) in [7, 11) is 0. The molecule has 1 aromatic carbocycles. The number of oxime groups is 1. The van der Waals surface area contributed by atoms with Crippen LogP contribution in [0, 0.1) is 0 Å². The fraction of sp³-hybridized carbons (Fsp3) is 0.143. The summed E-state index contributed by atoms with van der Waals surface area (Å²) in [6.07, 6.45) is 1.75. The number of amidine groups is 1. The van der Waals surface area contributed by atoms with Gasteiger partial charge in [-0.25, -0.2) is 4.98 Å². The van der Waals surface area contributed by atoms with Crippen LogP contribution in [-0.2, 0) is 0 Å². The van der Waals surface area contributed by atoms with E-state index in [9.17, 15) is 0 Å². The molecule has 0 aliphatic rings. The maximum atomic E-state index is 9.00. The summed E-state index contributed by atoms with van der Waals surface area (Å²) >= 11 is 3.17. The van der Waals surface area contributed by atoms with Crippen LogP contribution in [0.3, 0.4) is 0 Å². The Morgan fingerprint density at radius 1 is 1.25 bits per heavy atom. The van der Waals surface area contributed by atoms with E-state index < -0.39 is 0 Å². The van der Waals surface area contributed by atoms with Gasteiger partial charge in [-0.2, -0.15) is 0 Å². The predicted molar refractivity (Wildman–Crippen MR) is 83.7 cm³/mol. The van der Waals surface area contributed by atoms with Crippen LogP contribution in [0.2, 0.25) is 0 Å². The van der Waals surface area contributed by atoms with Gasteiger partial charge in [0.15, 0.2) is 5.84 Å². The van der Waals surface area contributed by atoms with Crippen molar-refractivity contribution in [2.45, 2.75) is 21.7 Å². The minimum Gasteiger partial charge on any atom is -0.409 e. The van der Waals surface area contributed by atoms with Crippen molar-refractivity contribution in [1.29, 1.82) is 0 Å². The van der Waals surface area contributed by atoms with Gasteiger partial charge in [-0.15, -0.1) is 11.8 Å². The van der Waals surface area contributed by atoms with Gasteiger partial charge < -0.3 is 10.9 Å². The van der Waals surface area contributed by atoms with E-state index >= 15 is 0 Å². The molecule has 6 heteroatoms. The van der Waals surface area contributed by atoms with Crippen LogP contribution in [0.25, 0.3) is 0 Å². The minimum atomic E-state index is 0.125. The summed E-state index contributed by atoms with van der Waals surface area (Å²) in [4.78, 5) is 6.22. The summed E-state index contributed by atoms with van der Waals surface area (Å²) in [5.74, 6) is 1.05. The van der Waals surface area contributed by atoms with Crippen molar-refractivity contribution in [2.75, 3.05) is 5.75 Å². The molecular formula is C14H15N3OS2. The van der Waals surface area contributed by atoms with Crippen LogP contribution in [0.1, 0.15) is 12.5 Å². The van der Waals surface area contributed by atoms with Crippen LogP contribution in [0.4, 0.5) is 0 Å². The molecule has 0 amide bonds. The van der Waals surface area contributed by atoms with Gasteiger partial charge in [0, 0.05) is 21.6 Å². The summed E-state index contributed by atoms with van der Waals surface area (Å²) in [5, 5.41) is 13.0. The maximum absolute atomic E-state index is 9.00. The summed E-state index contributed by atoms with van der Waals surface area (Å²) in [6, 6.07) is 11.6. The van der Waals surface area contributed by atoms with Crippen LogP contribution < -0.4 is 5.73 Å². The molecule has 4 nitrogen and oxygen atoms in total.